The first-order chi connectivity index (χ1) is 18.4. The Bertz CT molecular complexity index is 1200. The van der Waals surface area contributed by atoms with Gasteiger partial charge in [-0.15, -0.1) is 0 Å². The summed E-state index contributed by atoms with van der Waals surface area (Å²) < 4.78 is 0. The van der Waals surface area contributed by atoms with Gasteiger partial charge in [0.15, 0.2) is 0 Å². The number of likely N-dealkylation sites (tertiary alicyclic amines) is 2. The molecule has 2 aliphatic heterocycles. The van der Waals surface area contributed by atoms with E-state index in [0.717, 1.165) is 38.8 Å². The van der Waals surface area contributed by atoms with Crippen LogP contribution in [0.3, 0.4) is 0 Å². The fourth-order valence-corrected chi connectivity index (χ4v) is 4.55. The predicted molar refractivity (Wildman–Crippen MR) is 141 cm³/mol. The Hall–Kier alpha value is -4.25. The van der Waals surface area contributed by atoms with Crippen molar-refractivity contribution in [1.29, 1.82) is 0 Å². The van der Waals surface area contributed by atoms with E-state index in [1.807, 2.05) is 0 Å². The second-order valence-corrected chi connectivity index (χ2v) is 9.30. The van der Waals surface area contributed by atoms with Gasteiger partial charge in [-0.1, -0.05) is 24.3 Å². The molecule has 4 amide bonds. The third kappa shape index (κ3) is 6.94. The van der Waals surface area contributed by atoms with E-state index in [-0.39, 0.29) is 29.9 Å². The Morgan fingerprint density at radius 3 is 2.34 bits per heavy atom. The zero-order valence-corrected chi connectivity index (χ0v) is 21.1. The maximum atomic E-state index is 13.4. The average molecular weight is 521 g/mol. The highest BCUT2D eigenvalue weighted by Gasteiger charge is 2.30. The zero-order valence-electron chi connectivity index (χ0n) is 21.1. The van der Waals surface area contributed by atoms with Crippen LogP contribution in [0.25, 0.3) is 0 Å². The second kappa shape index (κ2) is 12.8. The number of hydrogen-bond donors (Lipinski definition) is 4. The average Bonchev–Trinajstić information content (AvgIpc) is 3.43. The summed E-state index contributed by atoms with van der Waals surface area (Å²) in [5.74, 6) is -1.42. The summed E-state index contributed by atoms with van der Waals surface area (Å²) in [5, 5.41) is 14.7. The molecule has 1 unspecified atom stereocenters. The fraction of sp³-hybridized carbons (Fsp3) is 0.370. The van der Waals surface area contributed by atoms with E-state index >= 15 is 0 Å². The molecule has 0 spiro atoms. The van der Waals surface area contributed by atoms with Gasteiger partial charge in [-0.2, -0.15) is 0 Å². The number of amides is 4. The van der Waals surface area contributed by atoms with E-state index in [2.05, 4.69) is 15.6 Å². The molecule has 0 saturated carbocycles. The molecule has 2 fully saturated rings. The normalized spacial score (nSPS) is 18.1. The molecule has 0 aromatic heterocycles. The number of carbonyl (C=O) groups excluding carboxylic acids is 4. The van der Waals surface area contributed by atoms with Crippen LogP contribution in [0.4, 0.5) is 5.69 Å². The van der Waals surface area contributed by atoms with Gasteiger partial charge < -0.3 is 15.1 Å². The molecular formula is C27H32N6O5. The first-order valence-electron chi connectivity index (χ1n) is 12.8. The minimum absolute atomic E-state index is 0.0162. The quantitative estimate of drug-likeness (QED) is 0.199. The number of carbonyl (C=O) groups is 4. The van der Waals surface area contributed by atoms with Gasteiger partial charge in [0.2, 0.25) is 17.8 Å². The molecule has 2 aliphatic rings. The molecule has 200 valence electrons. The summed E-state index contributed by atoms with van der Waals surface area (Å²) in [4.78, 5) is 58.9. The smallest absolute Gasteiger partial charge is 0.274 e. The number of anilines is 1. The largest absolute Gasteiger partial charge is 0.341 e. The number of benzene rings is 2. The van der Waals surface area contributed by atoms with E-state index < -0.39 is 17.9 Å². The van der Waals surface area contributed by atoms with E-state index in [0.29, 0.717) is 24.2 Å². The van der Waals surface area contributed by atoms with Crippen molar-refractivity contribution >= 4 is 35.3 Å². The number of guanidine groups is 1. The van der Waals surface area contributed by atoms with E-state index in [9.17, 15) is 19.2 Å². The van der Waals surface area contributed by atoms with Gasteiger partial charge in [0.1, 0.15) is 6.04 Å². The van der Waals surface area contributed by atoms with Crippen molar-refractivity contribution in [3.05, 3.63) is 65.7 Å². The number of aliphatic imine (C=N–C) groups is 1. The molecule has 2 aromatic rings. The molecule has 0 bridgehead atoms. The minimum atomic E-state index is -0.800. The van der Waals surface area contributed by atoms with Crippen LogP contribution in [0.15, 0.2) is 59.6 Å². The Labute approximate surface area is 220 Å². The molecule has 0 aliphatic carbocycles. The number of nitrogens with zero attached hydrogens (tertiary/aromatic N) is 3. The Balaban J connectivity index is 1.57. The molecule has 38 heavy (non-hydrogen) atoms. The standard InChI is InChI=1S/C27H32N6O5/c34-23(32-14-6-7-15-32)18-33-16-5-4-13-22(26(33)37)29-27(30-24(35)19-9-2-1-3-10-19)28-21-12-8-11-20(17-21)25(36)31-38/h1-3,8-12,17,22,38H,4-7,13-16,18H2,(H,31,36)(H2,28,29,30,35). The SMILES string of the molecule is O=C(NO)c1cccc(NC(=NC2CCCCN(CC(=O)N3CCCC3)C2=O)NC(=O)c2ccccc2)c1. The third-order valence-electron chi connectivity index (χ3n) is 6.58. The van der Waals surface area contributed by atoms with Crippen molar-refractivity contribution in [3.63, 3.8) is 0 Å². The van der Waals surface area contributed by atoms with Crippen molar-refractivity contribution in [3.8, 4) is 0 Å². The van der Waals surface area contributed by atoms with Crippen LogP contribution < -0.4 is 16.1 Å². The second-order valence-electron chi connectivity index (χ2n) is 9.30. The summed E-state index contributed by atoms with van der Waals surface area (Å²) in [5.41, 5.74) is 2.59. The van der Waals surface area contributed by atoms with Gasteiger partial charge in [0.25, 0.3) is 11.8 Å². The molecule has 1 atom stereocenters. The Morgan fingerprint density at radius 1 is 0.895 bits per heavy atom. The van der Waals surface area contributed by atoms with E-state index in [4.69, 9.17) is 5.21 Å². The first-order valence-corrected chi connectivity index (χ1v) is 12.8. The van der Waals surface area contributed by atoms with Crippen LogP contribution in [0, 0.1) is 0 Å². The van der Waals surface area contributed by atoms with Crippen LogP contribution in [0.1, 0.15) is 52.8 Å². The molecule has 4 rings (SSSR count). The predicted octanol–water partition coefficient (Wildman–Crippen LogP) is 2.01. The highest BCUT2D eigenvalue weighted by Crippen LogP contribution is 2.18. The highest BCUT2D eigenvalue weighted by molar-refractivity contribution is 6.10. The molecule has 0 radical (unpaired) electrons. The first kappa shape index (κ1) is 26.8. The highest BCUT2D eigenvalue weighted by atomic mass is 16.5. The maximum absolute atomic E-state index is 13.4. The van der Waals surface area contributed by atoms with Gasteiger partial charge in [0.05, 0.1) is 6.54 Å². The Kier molecular flexibility index (Phi) is 9.04. The van der Waals surface area contributed by atoms with Crippen molar-refractivity contribution in [1.82, 2.24) is 20.6 Å². The molecule has 2 aromatic carbocycles. The van der Waals surface area contributed by atoms with Crippen molar-refractivity contribution in [2.45, 2.75) is 38.1 Å². The lowest BCUT2D eigenvalue weighted by atomic mass is 10.1. The minimum Gasteiger partial charge on any atom is -0.341 e. The molecule has 2 saturated heterocycles. The van der Waals surface area contributed by atoms with Crippen molar-refractivity contribution < 1.29 is 24.4 Å². The van der Waals surface area contributed by atoms with Gasteiger partial charge in [-0.25, -0.2) is 10.5 Å². The third-order valence-corrected chi connectivity index (χ3v) is 6.58. The van der Waals surface area contributed by atoms with Crippen LogP contribution in [-0.4, -0.2) is 76.8 Å². The number of hydroxylamine groups is 1. The lowest BCUT2D eigenvalue weighted by Crippen LogP contribution is -2.45. The molecule has 11 heteroatoms. The van der Waals surface area contributed by atoms with Crippen LogP contribution in [0.2, 0.25) is 0 Å². The molecular weight excluding hydrogens is 488 g/mol. The lowest BCUT2D eigenvalue weighted by Gasteiger charge is -2.25. The Morgan fingerprint density at radius 2 is 1.61 bits per heavy atom. The lowest BCUT2D eigenvalue weighted by molar-refractivity contribution is -0.140. The van der Waals surface area contributed by atoms with Crippen LogP contribution in [0.5, 0.6) is 0 Å². The molecule has 2 heterocycles. The summed E-state index contributed by atoms with van der Waals surface area (Å²) in [7, 11) is 0. The summed E-state index contributed by atoms with van der Waals surface area (Å²) in [6, 6.07) is 14.0. The van der Waals surface area contributed by atoms with Gasteiger partial charge >= 0.3 is 0 Å². The van der Waals surface area contributed by atoms with E-state index in [1.54, 1.807) is 57.7 Å². The zero-order chi connectivity index (χ0) is 26.9. The number of hydrogen-bond acceptors (Lipinski definition) is 6. The van der Waals surface area contributed by atoms with Gasteiger partial charge in [-0.05, 0) is 62.4 Å². The topological polar surface area (TPSA) is 143 Å². The number of rotatable bonds is 6. The molecule has 4 N–H and O–H groups in total. The van der Waals surface area contributed by atoms with E-state index in [1.165, 1.54) is 12.1 Å². The fourth-order valence-electron chi connectivity index (χ4n) is 4.55. The summed E-state index contributed by atoms with van der Waals surface area (Å²) >= 11 is 0. The monoisotopic (exact) mass is 520 g/mol. The summed E-state index contributed by atoms with van der Waals surface area (Å²) in [6.45, 7) is 1.93. The van der Waals surface area contributed by atoms with Crippen molar-refractivity contribution in [2.24, 2.45) is 4.99 Å². The van der Waals surface area contributed by atoms with Crippen molar-refractivity contribution in [2.75, 3.05) is 31.5 Å². The van der Waals surface area contributed by atoms with Gasteiger partial charge in [0, 0.05) is 36.4 Å². The van der Waals surface area contributed by atoms with Gasteiger partial charge in [-0.3, -0.25) is 29.7 Å². The van der Waals surface area contributed by atoms with Crippen LogP contribution in [-0.2, 0) is 9.59 Å². The maximum Gasteiger partial charge on any atom is 0.274 e. The molecule has 11 nitrogen and oxygen atoms in total. The van der Waals surface area contributed by atoms with Crippen LogP contribution >= 0.6 is 0 Å². The number of nitrogens with one attached hydrogen (secondary N) is 3. The summed E-state index contributed by atoms with van der Waals surface area (Å²) in [6.07, 6.45) is 3.91.